The number of ether oxygens (including phenoxy) is 3. The number of carbonyl (C=O) groups is 1. The zero-order valence-electron chi connectivity index (χ0n) is 16.5. The number of hydrogen-bond donors (Lipinski definition) is 1. The van der Waals surface area contributed by atoms with Gasteiger partial charge < -0.3 is 24.4 Å². The summed E-state index contributed by atoms with van der Waals surface area (Å²) in [6.45, 7) is 4.90. The van der Waals surface area contributed by atoms with Crippen LogP contribution in [0, 0.1) is 11.7 Å². The third-order valence-corrected chi connectivity index (χ3v) is 5.06. The molecule has 8 heteroatoms. The number of halogens is 1. The van der Waals surface area contributed by atoms with Crippen LogP contribution in [0.4, 0.5) is 4.39 Å². The second-order valence-electron chi connectivity index (χ2n) is 6.90. The average molecular weight is 393 g/mol. The summed E-state index contributed by atoms with van der Waals surface area (Å²) in [6, 6.07) is 2.97. The van der Waals surface area contributed by atoms with E-state index >= 15 is 0 Å². The molecule has 0 aromatic heterocycles. The molecule has 1 fully saturated rings. The lowest BCUT2D eigenvalue weighted by Crippen LogP contribution is -2.47. The van der Waals surface area contributed by atoms with E-state index in [2.05, 4.69) is 15.2 Å². The first-order valence-corrected chi connectivity index (χ1v) is 9.76. The van der Waals surface area contributed by atoms with E-state index in [1.807, 2.05) is 6.92 Å². The number of piperidine rings is 1. The molecule has 0 aliphatic carbocycles. The number of nitrogens with zero attached hydrogens (tertiary/aromatic N) is 2. The predicted octanol–water partition coefficient (Wildman–Crippen LogP) is 2.09. The van der Waals surface area contributed by atoms with Crippen molar-refractivity contribution in [3.63, 3.8) is 0 Å². The second kappa shape index (κ2) is 9.73. The zero-order chi connectivity index (χ0) is 19.9. The third kappa shape index (κ3) is 4.92. The Hall–Kier alpha value is -2.35. The van der Waals surface area contributed by atoms with Gasteiger partial charge in [-0.1, -0.05) is 0 Å². The summed E-state index contributed by atoms with van der Waals surface area (Å²) in [5.41, 5.74) is 1.56. The maximum Gasteiger partial charge on any atom is 0.309 e. The molecule has 2 heterocycles. The van der Waals surface area contributed by atoms with Crippen molar-refractivity contribution in [3.8, 4) is 5.75 Å². The quantitative estimate of drug-likeness (QED) is 0.469. The zero-order valence-corrected chi connectivity index (χ0v) is 16.5. The monoisotopic (exact) mass is 393 g/mol. The average Bonchev–Trinajstić information content (AvgIpc) is 2.71. The minimum absolute atomic E-state index is 0.0347. The first-order valence-electron chi connectivity index (χ1n) is 9.76. The van der Waals surface area contributed by atoms with Crippen LogP contribution in [0.15, 0.2) is 17.1 Å². The fourth-order valence-corrected chi connectivity index (χ4v) is 3.67. The molecule has 1 N–H and O–H groups in total. The van der Waals surface area contributed by atoms with Crippen molar-refractivity contribution in [2.45, 2.75) is 32.8 Å². The Labute approximate surface area is 164 Å². The van der Waals surface area contributed by atoms with E-state index < -0.39 is 0 Å². The Morgan fingerprint density at radius 3 is 2.89 bits per heavy atom. The number of guanidine groups is 1. The molecular weight excluding hydrogens is 365 g/mol. The smallest absolute Gasteiger partial charge is 0.309 e. The molecule has 0 saturated carbocycles. The van der Waals surface area contributed by atoms with E-state index in [0.29, 0.717) is 26.2 Å². The van der Waals surface area contributed by atoms with Gasteiger partial charge in [-0.2, -0.15) is 0 Å². The lowest BCUT2D eigenvalue weighted by Gasteiger charge is -2.33. The summed E-state index contributed by atoms with van der Waals surface area (Å²) < 4.78 is 29.8. The molecule has 154 valence electrons. The highest BCUT2D eigenvalue weighted by Crippen LogP contribution is 2.29. The molecule has 1 saturated heterocycles. The molecule has 0 spiro atoms. The van der Waals surface area contributed by atoms with Crippen molar-refractivity contribution in [2.24, 2.45) is 10.9 Å². The van der Waals surface area contributed by atoms with Gasteiger partial charge in [0, 0.05) is 32.2 Å². The Morgan fingerprint density at radius 1 is 1.39 bits per heavy atom. The van der Waals surface area contributed by atoms with Crippen LogP contribution in [-0.4, -0.2) is 56.9 Å². The molecule has 28 heavy (non-hydrogen) atoms. The number of esters is 1. The van der Waals surface area contributed by atoms with Gasteiger partial charge in [-0.15, -0.1) is 0 Å². The largest absolute Gasteiger partial charge is 0.467 e. The predicted molar refractivity (Wildman–Crippen MR) is 103 cm³/mol. The van der Waals surface area contributed by atoms with Crippen molar-refractivity contribution < 1.29 is 23.4 Å². The maximum atomic E-state index is 13.9. The summed E-state index contributed by atoms with van der Waals surface area (Å²) >= 11 is 0. The van der Waals surface area contributed by atoms with Gasteiger partial charge in [0.2, 0.25) is 0 Å². The summed E-state index contributed by atoms with van der Waals surface area (Å²) in [5, 5.41) is 3.33. The number of benzene rings is 1. The maximum absolute atomic E-state index is 13.9. The summed E-state index contributed by atoms with van der Waals surface area (Å²) in [6.07, 6.45) is 2.12. The van der Waals surface area contributed by atoms with Gasteiger partial charge in [0.25, 0.3) is 0 Å². The molecular formula is C20H28FN3O4. The Morgan fingerprint density at radius 2 is 2.18 bits per heavy atom. The van der Waals surface area contributed by atoms with Crippen molar-refractivity contribution >= 4 is 11.9 Å². The van der Waals surface area contributed by atoms with Crippen LogP contribution in [0.5, 0.6) is 5.75 Å². The second-order valence-corrected chi connectivity index (χ2v) is 6.90. The molecule has 1 aromatic rings. The Bertz CT molecular complexity index is 718. The molecule has 0 bridgehead atoms. The van der Waals surface area contributed by atoms with E-state index in [-0.39, 0.29) is 24.5 Å². The highest BCUT2D eigenvalue weighted by atomic mass is 19.1. The summed E-state index contributed by atoms with van der Waals surface area (Å²) in [4.78, 5) is 18.4. The van der Waals surface area contributed by atoms with E-state index in [4.69, 9.17) is 14.2 Å². The molecule has 7 nitrogen and oxygen atoms in total. The number of carbonyl (C=O) groups excluding carboxylic acids is 1. The van der Waals surface area contributed by atoms with Crippen LogP contribution in [0.1, 0.15) is 30.9 Å². The standard InChI is InChI=1S/C20H28FN3O4/c1-3-27-19(25)14-5-8-24(9-6-14)20(22-2)23-7-4-15-10-17(21)11-16-12-26-13-28-18(15)16/h10-11,14H,3-9,12-13H2,1-2H3,(H,22,23). The third-order valence-electron chi connectivity index (χ3n) is 5.06. The summed E-state index contributed by atoms with van der Waals surface area (Å²) in [5.74, 6) is 1.09. The Balaban J connectivity index is 1.52. The van der Waals surface area contributed by atoms with Crippen LogP contribution in [0.2, 0.25) is 0 Å². The number of nitrogens with one attached hydrogen (secondary N) is 1. The van der Waals surface area contributed by atoms with Crippen molar-refractivity contribution in [1.29, 1.82) is 0 Å². The van der Waals surface area contributed by atoms with Crippen LogP contribution < -0.4 is 10.1 Å². The molecule has 0 unspecified atom stereocenters. The first kappa shape index (κ1) is 20.4. The number of likely N-dealkylation sites (tertiary alicyclic amines) is 1. The highest BCUT2D eigenvalue weighted by Gasteiger charge is 2.27. The van der Waals surface area contributed by atoms with Gasteiger partial charge >= 0.3 is 5.97 Å². The lowest BCUT2D eigenvalue weighted by atomic mass is 9.97. The SMILES string of the molecule is CCOC(=O)C1CCN(C(=NC)NCCc2cc(F)cc3c2OCOC3)CC1. The van der Waals surface area contributed by atoms with Crippen molar-refractivity contribution in [1.82, 2.24) is 10.2 Å². The minimum Gasteiger partial charge on any atom is -0.467 e. The van der Waals surface area contributed by atoms with E-state index in [1.54, 1.807) is 7.05 Å². The summed E-state index contributed by atoms with van der Waals surface area (Å²) in [7, 11) is 1.74. The molecule has 2 aliphatic rings. The molecule has 3 rings (SSSR count). The molecule has 0 atom stereocenters. The van der Waals surface area contributed by atoms with E-state index in [1.165, 1.54) is 12.1 Å². The fraction of sp³-hybridized carbons (Fsp3) is 0.600. The van der Waals surface area contributed by atoms with Crippen molar-refractivity contribution in [2.75, 3.05) is 40.1 Å². The van der Waals surface area contributed by atoms with Crippen molar-refractivity contribution in [3.05, 3.63) is 29.1 Å². The first-order chi connectivity index (χ1) is 13.6. The van der Waals surface area contributed by atoms with Crippen LogP contribution in [0.3, 0.4) is 0 Å². The minimum atomic E-state index is -0.284. The number of fused-ring (bicyclic) bond motifs is 1. The van der Waals surface area contributed by atoms with Gasteiger partial charge in [-0.25, -0.2) is 4.39 Å². The van der Waals surface area contributed by atoms with E-state index in [9.17, 15) is 9.18 Å². The highest BCUT2D eigenvalue weighted by molar-refractivity contribution is 5.80. The van der Waals surface area contributed by atoms with Crippen LogP contribution >= 0.6 is 0 Å². The van der Waals surface area contributed by atoms with Gasteiger partial charge in [-0.05, 0) is 43.9 Å². The van der Waals surface area contributed by atoms with Gasteiger partial charge in [0.1, 0.15) is 11.6 Å². The molecule has 1 aromatic carbocycles. The topological polar surface area (TPSA) is 72.4 Å². The molecule has 2 aliphatic heterocycles. The van der Waals surface area contributed by atoms with Gasteiger partial charge in [-0.3, -0.25) is 9.79 Å². The molecule has 0 radical (unpaired) electrons. The van der Waals surface area contributed by atoms with Gasteiger partial charge in [0.05, 0.1) is 19.1 Å². The van der Waals surface area contributed by atoms with E-state index in [0.717, 1.165) is 48.8 Å². The van der Waals surface area contributed by atoms with Gasteiger partial charge in [0.15, 0.2) is 12.8 Å². The molecule has 0 amide bonds. The lowest BCUT2D eigenvalue weighted by molar-refractivity contribution is -0.149. The number of aliphatic imine (C=N–C) groups is 1. The fourth-order valence-electron chi connectivity index (χ4n) is 3.67. The van der Waals surface area contributed by atoms with Crippen LogP contribution in [-0.2, 0) is 27.3 Å². The van der Waals surface area contributed by atoms with Crippen LogP contribution in [0.25, 0.3) is 0 Å². The Kier molecular flexibility index (Phi) is 7.08. The number of hydrogen-bond acceptors (Lipinski definition) is 5. The number of rotatable bonds is 5. The normalized spacial score (nSPS) is 17.7.